The molecule has 21 heavy (non-hydrogen) atoms. The number of piperidine rings is 1. The van der Waals surface area contributed by atoms with E-state index in [0.717, 1.165) is 13.0 Å². The van der Waals surface area contributed by atoms with Gasteiger partial charge in [0.05, 0.1) is 6.54 Å². The summed E-state index contributed by atoms with van der Waals surface area (Å²) in [6, 6.07) is 0.546. The molecule has 2 rings (SSSR count). The van der Waals surface area contributed by atoms with Crippen LogP contribution in [0.4, 0.5) is 0 Å². The Labute approximate surface area is 125 Å². The van der Waals surface area contributed by atoms with Crippen molar-refractivity contribution in [2.24, 2.45) is 0 Å². The van der Waals surface area contributed by atoms with Crippen molar-refractivity contribution in [1.29, 1.82) is 0 Å². The number of carbonyl (C=O) groups is 1. The van der Waals surface area contributed by atoms with Crippen molar-refractivity contribution in [3.05, 3.63) is 5.69 Å². The minimum Gasteiger partial charge on any atom is -0.472 e. The summed E-state index contributed by atoms with van der Waals surface area (Å²) in [6.07, 6.45) is 5.24. The summed E-state index contributed by atoms with van der Waals surface area (Å²) in [5.74, 6) is 0.459. The van der Waals surface area contributed by atoms with Gasteiger partial charge in [0, 0.05) is 12.5 Å². The number of aryl methyl sites for hydroxylation is 1. The zero-order valence-corrected chi connectivity index (χ0v) is 12.8. The predicted octanol–water partition coefficient (Wildman–Crippen LogP) is 1.14. The molecule has 1 aliphatic heterocycles. The van der Waals surface area contributed by atoms with Crippen LogP contribution in [0.5, 0.6) is 5.88 Å². The maximum Gasteiger partial charge on any atom is 0.278 e. The molecule has 0 bridgehead atoms. The van der Waals surface area contributed by atoms with Crippen LogP contribution in [0.15, 0.2) is 4.63 Å². The summed E-state index contributed by atoms with van der Waals surface area (Å²) < 4.78 is 9.87. The Kier molecular flexibility index (Phi) is 5.98. The van der Waals surface area contributed by atoms with Gasteiger partial charge >= 0.3 is 0 Å². The first-order valence-electron chi connectivity index (χ1n) is 7.55. The summed E-state index contributed by atoms with van der Waals surface area (Å²) in [4.78, 5) is 14.2. The second-order valence-corrected chi connectivity index (χ2v) is 5.52. The van der Waals surface area contributed by atoms with Crippen molar-refractivity contribution in [3.8, 4) is 5.88 Å². The Bertz CT molecular complexity index is 449. The van der Waals surface area contributed by atoms with E-state index >= 15 is 0 Å². The fourth-order valence-corrected chi connectivity index (χ4v) is 2.59. The van der Waals surface area contributed by atoms with Gasteiger partial charge in [0.1, 0.15) is 12.3 Å². The van der Waals surface area contributed by atoms with E-state index in [2.05, 4.69) is 32.2 Å². The Morgan fingerprint density at radius 2 is 2.33 bits per heavy atom. The number of nitrogens with zero attached hydrogens (tertiary/aromatic N) is 3. The van der Waals surface area contributed by atoms with Crippen molar-refractivity contribution >= 4 is 5.91 Å². The summed E-state index contributed by atoms with van der Waals surface area (Å²) in [7, 11) is 2.14. The van der Waals surface area contributed by atoms with Crippen LogP contribution in [-0.2, 0) is 4.79 Å². The number of nitrogens with one attached hydrogen (secondary N) is 1. The molecule has 7 heteroatoms. The highest BCUT2D eigenvalue weighted by molar-refractivity contribution is 5.75. The first kappa shape index (κ1) is 15.8. The van der Waals surface area contributed by atoms with Crippen LogP contribution in [0.2, 0.25) is 0 Å². The highest BCUT2D eigenvalue weighted by atomic mass is 16.6. The molecule has 2 heterocycles. The van der Waals surface area contributed by atoms with Crippen LogP contribution in [-0.4, -0.2) is 53.9 Å². The summed E-state index contributed by atoms with van der Waals surface area (Å²) in [6.45, 7) is 3.73. The molecular formula is C14H24N4O3. The maximum absolute atomic E-state index is 11.8. The number of likely N-dealkylation sites (tertiary alicyclic amines) is 1. The molecule has 7 nitrogen and oxygen atoms in total. The molecule has 0 unspecified atom stereocenters. The van der Waals surface area contributed by atoms with Crippen molar-refractivity contribution in [3.63, 3.8) is 0 Å². The van der Waals surface area contributed by atoms with Gasteiger partial charge in [0.25, 0.3) is 5.88 Å². The quantitative estimate of drug-likeness (QED) is 0.760. The molecule has 1 saturated heterocycles. The van der Waals surface area contributed by atoms with Crippen LogP contribution in [0.25, 0.3) is 0 Å². The third kappa shape index (κ3) is 5.00. The fraction of sp³-hybridized carbons (Fsp3) is 0.786. The molecule has 1 atom stereocenters. The van der Waals surface area contributed by atoms with Gasteiger partial charge in [0.2, 0.25) is 5.91 Å². The lowest BCUT2D eigenvalue weighted by Gasteiger charge is -2.32. The third-order valence-electron chi connectivity index (χ3n) is 3.90. The van der Waals surface area contributed by atoms with Crippen molar-refractivity contribution in [2.75, 3.05) is 26.7 Å². The second-order valence-electron chi connectivity index (χ2n) is 5.52. The van der Waals surface area contributed by atoms with Gasteiger partial charge in [-0.15, -0.1) is 0 Å². The largest absolute Gasteiger partial charge is 0.472 e. The number of amides is 1. The Morgan fingerprint density at radius 1 is 1.48 bits per heavy atom. The molecule has 118 valence electrons. The van der Waals surface area contributed by atoms with Gasteiger partial charge in [0.15, 0.2) is 0 Å². The zero-order chi connectivity index (χ0) is 15.1. The van der Waals surface area contributed by atoms with E-state index in [1.165, 1.54) is 19.3 Å². The molecule has 0 radical (unpaired) electrons. The smallest absolute Gasteiger partial charge is 0.278 e. The number of rotatable bonds is 7. The van der Waals surface area contributed by atoms with Crippen molar-refractivity contribution in [2.45, 2.75) is 45.1 Å². The molecule has 1 N–H and O–H groups in total. The monoisotopic (exact) mass is 296 g/mol. The minimum absolute atomic E-state index is 0.0765. The van der Waals surface area contributed by atoms with Crippen LogP contribution in [0, 0.1) is 6.92 Å². The molecule has 1 fully saturated rings. The van der Waals surface area contributed by atoms with Crippen LogP contribution in [0.3, 0.4) is 0 Å². The molecular weight excluding hydrogens is 272 g/mol. The predicted molar refractivity (Wildman–Crippen MR) is 77.0 cm³/mol. The molecule has 1 amide bonds. The van der Waals surface area contributed by atoms with E-state index in [1.807, 2.05) is 0 Å². The summed E-state index contributed by atoms with van der Waals surface area (Å²) in [5, 5.41) is 10.1. The lowest BCUT2D eigenvalue weighted by atomic mass is 9.98. The normalized spacial score (nSPS) is 19.4. The van der Waals surface area contributed by atoms with Crippen molar-refractivity contribution < 1.29 is 14.2 Å². The average molecular weight is 296 g/mol. The Balaban J connectivity index is 1.56. The second kappa shape index (κ2) is 7.97. The Hall–Kier alpha value is -1.63. The van der Waals surface area contributed by atoms with E-state index in [1.54, 1.807) is 6.92 Å². The van der Waals surface area contributed by atoms with Gasteiger partial charge in [-0.05, 0) is 44.9 Å². The van der Waals surface area contributed by atoms with E-state index in [9.17, 15) is 4.79 Å². The molecule has 1 aromatic heterocycles. The average Bonchev–Trinajstić information content (AvgIpc) is 2.88. The topological polar surface area (TPSA) is 80.5 Å². The van der Waals surface area contributed by atoms with Crippen LogP contribution in [0.1, 0.15) is 37.8 Å². The Morgan fingerprint density at radius 3 is 3.05 bits per heavy atom. The van der Waals surface area contributed by atoms with E-state index in [-0.39, 0.29) is 5.91 Å². The standard InChI is InChI=1S/C14H24N4O3/c1-11-14(17-21-16-11)20-10-8-15-13(19)7-6-12-5-3-4-9-18(12)2/h12H,3-10H2,1-2H3,(H,15,19)/t12-/m0/s1. The molecule has 0 spiro atoms. The van der Waals surface area contributed by atoms with Gasteiger partial charge in [-0.2, -0.15) is 0 Å². The van der Waals surface area contributed by atoms with E-state index in [0.29, 0.717) is 37.2 Å². The number of aromatic nitrogens is 2. The number of hydrogen-bond acceptors (Lipinski definition) is 6. The molecule has 1 aromatic rings. The van der Waals surface area contributed by atoms with Gasteiger partial charge in [-0.25, -0.2) is 4.63 Å². The first-order valence-corrected chi connectivity index (χ1v) is 7.55. The first-order chi connectivity index (χ1) is 10.2. The lowest BCUT2D eigenvalue weighted by Crippen LogP contribution is -2.37. The number of hydrogen-bond donors (Lipinski definition) is 1. The van der Waals surface area contributed by atoms with Gasteiger partial charge < -0.3 is 15.0 Å². The number of ether oxygens (including phenoxy) is 1. The van der Waals surface area contributed by atoms with Crippen molar-refractivity contribution in [1.82, 2.24) is 20.5 Å². The lowest BCUT2D eigenvalue weighted by molar-refractivity contribution is -0.121. The van der Waals surface area contributed by atoms with Crippen LogP contribution >= 0.6 is 0 Å². The summed E-state index contributed by atoms with van der Waals surface area (Å²) >= 11 is 0. The molecule has 0 aliphatic carbocycles. The van der Waals surface area contributed by atoms with E-state index < -0.39 is 0 Å². The fourth-order valence-electron chi connectivity index (χ4n) is 2.59. The molecule has 0 saturated carbocycles. The summed E-state index contributed by atoms with van der Waals surface area (Å²) in [5.41, 5.74) is 0.613. The maximum atomic E-state index is 11.8. The van der Waals surface area contributed by atoms with Gasteiger partial charge in [-0.1, -0.05) is 11.6 Å². The molecule has 1 aliphatic rings. The SMILES string of the molecule is Cc1nonc1OCCNC(=O)CC[C@@H]1CCCCN1C. The third-order valence-corrected chi connectivity index (χ3v) is 3.90. The number of carbonyl (C=O) groups excluding carboxylic acids is 1. The van der Waals surface area contributed by atoms with Crippen LogP contribution < -0.4 is 10.1 Å². The highest BCUT2D eigenvalue weighted by Crippen LogP contribution is 2.18. The van der Waals surface area contributed by atoms with Gasteiger partial charge in [-0.3, -0.25) is 4.79 Å². The van der Waals surface area contributed by atoms with E-state index in [4.69, 9.17) is 4.74 Å². The zero-order valence-electron chi connectivity index (χ0n) is 12.8. The molecule has 0 aromatic carbocycles. The highest BCUT2D eigenvalue weighted by Gasteiger charge is 2.19. The minimum atomic E-state index is 0.0765.